The third-order valence-electron chi connectivity index (χ3n) is 2.75. The van der Waals surface area contributed by atoms with E-state index in [1.165, 1.54) is 0 Å². The number of halogens is 1. The first-order valence-electron chi connectivity index (χ1n) is 6.25. The van der Waals surface area contributed by atoms with Crippen LogP contribution in [0.25, 0.3) is 0 Å². The topological polar surface area (TPSA) is 54.3 Å². The molecule has 18 heavy (non-hydrogen) atoms. The van der Waals surface area contributed by atoms with Gasteiger partial charge in [-0.1, -0.05) is 13.8 Å². The molecule has 4 nitrogen and oxygen atoms in total. The summed E-state index contributed by atoms with van der Waals surface area (Å²) >= 11 is 3.37. The van der Waals surface area contributed by atoms with Gasteiger partial charge in [-0.05, 0) is 41.3 Å². The number of carbonyl (C=O) groups excluding carboxylic acids is 1. The Kier molecular flexibility index (Phi) is 5.88. The van der Waals surface area contributed by atoms with Gasteiger partial charge in [0.15, 0.2) is 0 Å². The predicted molar refractivity (Wildman–Crippen MR) is 75.6 cm³/mol. The maximum absolute atomic E-state index is 12.1. The van der Waals surface area contributed by atoms with E-state index >= 15 is 0 Å². The smallest absolute Gasteiger partial charge is 0.268 e. The number of hydrogen-bond acceptors (Lipinski definition) is 2. The van der Waals surface area contributed by atoms with Gasteiger partial charge in [0.05, 0.1) is 12.6 Å². The van der Waals surface area contributed by atoms with Gasteiger partial charge in [0.1, 0.15) is 5.69 Å². The maximum Gasteiger partial charge on any atom is 0.268 e. The molecular formula is C13H21BrN2O2. The van der Waals surface area contributed by atoms with Crippen LogP contribution in [-0.4, -0.2) is 28.2 Å². The summed E-state index contributed by atoms with van der Waals surface area (Å²) in [5.41, 5.74) is 0.617. The summed E-state index contributed by atoms with van der Waals surface area (Å²) in [5, 5.41) is 12.1. The van der Waals surface area contributed by atoms with Crippen molar-refractivity contribution in [2.45, 2.75) is 39.8 Å². The lowest BCUT2D eigenvalue weighted by Gasteiger charge is -2.18. The van der Waals surface area contributed by atoms with E-state index < -0.39 is 0 Å². The van der Waals surface area contributed by atoms with Crippen molar-refractivity contribution in [1.82, 2.24) is 9.88 Å². The van der Waals surface area contributed by atoms with Crippen LogP contribution in [0.2, 0.25) is 0 Å². The molecular weight excluding hydrogens is 296 g/mol. The summed E-state index contributed by atoms with van der Waals surface area (Å²) < 4.78 is 2.77. The van der Waals surface area contributed by atoms with Crippen molar-refractivity contribution in [1.29, 1.82) is 0 Å². The van der Waals surface area contributed by atoms with E-state index in [0.717, 1.165) is 17.4 Å². The van der Waals surface area contributed by atoms with Crippen LogP contribution in [0, 0.1) is 5.92 Å². The van der Waals surface area contributed by atoms with Crippen molar-refractivity contribution in [3.63, 3.8) is 0 Å². The van der Waals surface area contributed by atoms with Crippen LogP contribution in [0.15, 0.2) is 16.7 Å². The van der Waals surface area contributed by atoms with E-state index in [1.807, 2.05) is 17.7 Å². The lowest BCUT2D eigenvalue weighted by atomic mass is 10.0. The summed E-state index contributed by atoms with van der Waals surface area (Å²) in [5.74, 6) is 0.300. The molecule has 0 aliphatic rings. The number of nitrogens with one attached hydrogen (secondary N) is 1. The van der Waals surface area contributed by atoms with Crippen molar-refractivity contribution >= 4 is 21.8 Å². The minimum atomic E-state index is -0.184. The molecule has 1 aromatic rings. The van der Waals surface area contributed by atoms with Crippen LogP contribution in [0.4, 0.5) is 0 Å². The second-order valence-corrected chi connectivity index (χ2v) is 5.73. The summed E-state index contributed by atoms with van der Waals surface area (Å²) in [6.45, 7) is 6.83. The zero-order valence-electron chi connectivity index (χ0n) is 11.1. The van der Waals surface area contributed by atoms with Gasteiger partial charge in [-0.25, -0.2) is 0 Å². The quantitative estimate of drug-likeness (QED) is 0.846. The molecule has 102 valence electrons. The number of rotatable bonds is 6. The lowest BCUT2D eigenvalue weighted by molar-refractivity contribution is 0.0899. The Morgan fingerprint density at radius 3 is 2.72 bits per heavy atom. The van der Waals surface area contributed by atoms with Gasteiger partial charge in [-0.3, -0.25) is 4.79 Å². The highest BCUT2D eigenvalue weighted by molar-refractivity contribution is 9.10. The fraction of sp³-hybridized carbons (Fsp3) is 0.615. The fourth-order valence-electron chi connectivity index (χ4n) is 1.93. The Morgan fingerprint density at radius 2 is 2.22 bits per heavy atom. The number of aryl methyl sites for hydroxylation is 1. The number of aliphatic hydroxyl groups excluding tert-OH is 1. The monoisotopic (exact) mass is 316 g/mol. The zero-order chi connectivity index (χ0) is 13.7. The third kappa shape index (κ3) is 4.14. The van der Waals surface area contributed by atoms with Gasteiger partial charge >= 0.3 is 0 Å². The Balaban J connectivity index is 2.74. The minimum Gasteiger partial charge on any atom is -0.394 e. The number of amides is 1. The molecule has 0 aliphatic carbocycles. The van der Waals surface area contributed by atoms with Crippen LogP contribution in [-0.2, 0) is 6.54 Å². The van der Waals surface area contributed by atoms with Crippen molar-refractivity contribution in [2.24, 2.45) is 5.92 Å². The van der Waals surface area contributed by atoms with Crippen molar-refractivity contribution < 1.29 is 9.90 Å². The van der Waals surface area contributed by atoms with Crippen LogP contribution in [0.3, 0.4) is 0 Å². The van der Waals surface area contributed by atoms with Gasteiger partial charge in [-0.15, -0.1) is 0 Å². The first-order valence-corrected chi connectivity index (χ1v) is 7.04. The molecule has 1 atom stereocenters. The third-order valence-corrected chi connectivity index (χ3v) is 3.18. The molecule has 1 rings (SSSR count). The van der Waals surface area contributed by atoms with E-state index in [-0.39, 0.29) is 18.6 Å². The summed E-state index contributed by atoms with van der Waals surface area (Å²) in [6.07, 6.45) is 2.65. The molecule has 0 fully saturated rings. The summed E-state index contributed by atoms with van der Waals surface area (Å²) in [4.78, 5) is 12.1. The highest BCUT2D eigenvalue weighted by Crippen LogP contribution is 2.15. The zero-order valence-corrected chi connectivity index (χ0v) is 12.7. The second kappa shape index (κ2) is 6.95. The Labute approximate surface area is 117 Å². The average Bonchev–Trinajstić information content (AvgIpc) is 2.69. The normalized spacial score (nSPS) is 12.8. The SMILES string of the molecule is CCn1cc(Br)cc1C(=O)NC(CO)CC(C)C. The molecule has 1 amide bonds. The molecule has 0 bridgehead atoms. The van der Waals surface area contributed by atoms with Crippen LogP contribution >= 0.6 is 15.9 Å². The molecule has 0 aromatic carbocycles. The van der Waals surface area contributed by atoms with Crippen LogP contribution in [0.5, 0.6) is 0 Å². The molecule has 0 aliphatic heterocycles. The highest BCUT2D eigenvalue weighted by atomic mass is 79.9. The highest BCUT2D eigenvalue weighted by Gasteiger charge is 2.17. The molecule has 1 heterocycles. The van der Waals surface area contributed by atoms with E-state index in [2.05, 4.69) is 35.1 Å². The Morgan fingerprint density at radius 1 is 1.56 bits per heavy atom. The summed E-state index contributed by atoms with van der Waals surface area (Å²) in [7, 11) is 0. The molecule has 1 aromatic heterocycles. The molecule has 0 saturated carbocycles. The van der Waals surface area contributed by atoms with Crippen molar-refractivity contribution in [3.8, 4) is 0 Å². The Hall–Kier alpha value is -0.810. The van der Waals surface area contributed by atoms with Gasteiger partial charge < -0.3 is 15.0 Å². The maximum atomic E-state index is 12.1. The van der Waals surface area contributed by atoms with Crippen molar-refractivity contribution in [3.05, 3.63) is 22.4 Å². The van der Waals surface area contributed by atoms with E-state index in [0.29, 0.717) is 11.6 Å². The van der Waals surface area contributed by atoms with E-state index in [9.17, 15) is 9.90 Å². The lowest BCUT2D eigenvalue weighted by Crippen LogP contribution is -2.39. The molecule has 1 unspecified atom stereocenters. The van der Waals surface area contributed by atoms with Crippen molar-refractivity contribution in [2.75, 3.05) is 6.61 Å². The van der Waals surface area contributed by atoms with Gasteiger partial charge in [0, 0.05) is 17.2 Å². The number of nitrogens with zero attached hydrogens (tertiary/aromatic N) is 1. The molecule has 0 saturated heterocycles. The largest absolute Gasteiger partial charge is 0.394 e. The average molecular weight is 317 g/mol. The number of aliphatic hydroxyl groups is 1. The van der Waals surface area contributed by atoms with E-state index in [1.54, 1.807) is 6.07 Å². The predicted octanol–water partition coefficient (Wildman–Crippen LogP) is 2.41. The first kappa shape index (κ1) is 15.2. The molecule has 5 heteroatoms. The molecule has 2 N–H and O–H groups in total. The second-order valence-electron chi connectivity index (χ2n) is 4.81. The van der Waals surface area contributed by atoms with Crippen LogP contribution < -0.4 is 5.32 Å². The van der Waals surface area contributed by atoms with Gasteiger partial charge in [0.2, 0.25) is 0 Å². The Bertz CT molecular complexity index is 402. The standard InChI is InChI=1S/C13H21BrN2O2/c1-4-16-7-10(14)6-12(16)13(18)15-11(8-17)5-9(2)3/h6-7,9,11,17H,4-5,8H2,1-3H3,(H,15,18). The molecule has 0 radical (unpaired) electrons. The number of hydrogen-bond donors (Lipinski definition) is 2. The minimum absolute atomic E-state index is 0.0298. The van der Waals surface area contributed by atoms with E-state index in [4.69, 9.17) is 0 Å². The van der Waals surface area contributed by atoms with Crippen LogP contribution in [0.1, 0.15) is 37.7 Å². The van der Waals surface area contributed by atoms with Gasteiger partial charge in [-0.2, -0.15) is 0 Å². The summed E-state index contributed by atoms with van der Waals surface area (Å²) in [6, 6.07) is 1.61. The number of aromatic nitrogens is 1. The first-order chi connectivity index (χ1) is 8.47. The fourth-order valence-corrected chi connectivity index (χ4v) is 2.40. The van der Waals surface area contributed by atoms with Gasteiger partial charge in [0.25, 0.3) is 5.91 Å². The molecule has 0 spiro atoms. The number of carbonyl (C=O) groups is 1.